The maximum Gasteiger partial charge on any atom is 0.233 e. The molecule has 0 atom stereocenters. The third-order valence-corrected chi connectivity index (χ3v) is 2.77. The quantitative estimate of drug-likeness (QED) is 0.761. The summed E-state index contributed by atoms with van der Waals surface area (Å²) >= 11 is 0. The van der Waals surface area contributed by atoms with E-state index in [0.29, 0.717) is 30.5 Å². The van der Waals surface area contributed by atoms with Crippen LogP contribution in [0.2, 0.25) is 0 Å². The lowest BCUT2D eigenvalue weighted by atomic mass is 10.3. The summed E-state index contributed by atoms with van der Waals surface area (Å²) in [6.07, 6.45) is 0. The summed E-state index contributed by atoms with van der Waals surface area (Å²) in [5.41, 5.74) is 2.42. The van der Waals surface area contributed by atoms with Crippen molar-refractivity contribution in [2.24, 2.45) is 0 Å². The lowest BCUT2D eigenvalue weighted by molar-refractivity contribution is 0.199. The van der Waals surface area contributed by atoms with E-state index in [1.54, 1.807) is 26.4 Å². The maximum atomic E-state index is 4.99. The van der Waals surface area contributed by atoms with Crippen LogP contribution in [-0.4, -0.2) is 47.5 Å². The van der Waals surface area contributed by atoms with E-state index in [4.69, 9.17) is 9.47 Å². The van der Waals surface area contributed by atoms with E-state index in [9.17, 15) is 0 Å². The third-order valence-electron chi connectivity index (χ3n) is 2.77. The molecule has 7 nitrogen and oxygen atoms in total. The van der Waals surface area contributed by atoms with Crippen molar-refractivity contribution in [1.29, 1.82) is 0 Å². The minimum atomic E-state index is 0.466. The zero-order valence-electron chi connectivity index (χ0n) is 12.5. The average molecular weight is 289 g/mol. The summed E-state index contributed by atoms with van der Waals surface area (Å²) in [5, 5.41) is 11.3. The fraction of sp³-hybridized carbons (Fsp3) is 0.429. The van der Waals surface area contributed by atoms with Crippen LogP contribution >= 0.6 is 0 Å². The minimum absolute atomic E-state index is 0.466. The second-order valence-corrected chi connectivity index (χ2v) is 4.45. The normalized spacial score (nSPS) is 10.6. The molecule has 0 aliphatic heterocycles. The topological polar surface area (TPSA) is 82.0 Å². The molecule has 0 aliphatic rings. The molecule has 0 radical (unpaired) electrons. The van der Waals surface area contributed by atoms with Gasteiger partial charge in [-0.05, 0) is 19.1 Å². The molecule has 7 heteroatoms. The average Bonchev–Trinajstić information content (AvgIpc) is 2.51. The molecule has 0 bridgehead atoms. The van der Waals surface area contributed by atoms with Crippen molar-refractivity contribution in [3.8, 4) is 17.4 Å². The molecule has 2 heterocycles. The molecule has 0 saturated carbocycles. The van der Waals surface area contributed by atoms with Gasteiger partial charge in [0, 0.05) is 32.0 Å². The first-order chi connectivity index (χ1) is 10.2. The summed E-state index contributed by atoms with van der Waals surface area (Å²) in [4.78, 5) is 8.90. The standard InChI is InChI=1S/C14H19N5O2/c1-10-8-11(9-15-6-7-20-2)17-14(16-10)12-4-5-13(21-3)19-18-12/h4-5,8,15H,6-7,9H2,1-3H3. The molecule has 2 aromatic rings. The molecular formula is C14H19N5O2. The molecule has 0 unspecified atom stereocenters. The molecule has 2 rings (SSSR count). The highest BCUT2D eigenvalue weighted by Crippen LogP contribution is 2.14. The first-order valence-corrected chi connectivity index (χ1v) is 6.65. The van der Waals surface area contributed by atoms with Crippen LogP contribution in [0.1, 0.15) is 11.4 Å². The highest BCUT2D eigenvalue weighted by atomic mass is 16.5. The lowest BCUT2D eigenvalue weighted by Crippen LogP contribution is -2.19. The summed E-state index contributed by atoms with van der Waals surface area (Å²) in [6, 6.07) is 5.48. The maximum absolute atomic E-state index is 4.99. The smallest absolute Gasteiger partial charge is 0.233 e. The van der Waals surface area contributed by atoms with Crippen LogP contribution in [0.5, 0.6) is 5.88 Å². The van der Waals surface area contributed by atoms with Crippen LogP contribution in [0.3, 0.4) is 0 Å². The summed E-state index contributed by atoms with van der Waals surface area (Å²) in [7, 11) is 3.23. The van der Waals surface area contributed by atoms with Crippen LogP contribution < -0.4 is 10.1 Å². The van der Waals surface area contributed by atoms with Crippen molar-refractivity contribution in [3.05, 3.63) is 29.6 Å². The second kappa shape index (κ2) is 7.61. The number of aromatic nitrogens is 4. The van der Waals surface area contributed by atoms with Gasteiger partial charge in [0.05, 0.1) is 19.4 Å². The number of nitrogens with one attached hydrogen (secondary N) is 1. The summed E-state index contributed by atoms with van der Waals surface area (Å²) in [6.45, 7) is 4.03. The number of hydrogen-bond donors (Lipinski definition) is 1. The van der Waals surface area contributed by atoms with Gasteiger partial charge < -0.3 is 14.8 Å². The molecule has 0 aromatic carbocycles. The van der Waals surface area contributed by atoms with Crippen molar-refractivity contribution in [3.63, 3.8) is 0 Å². The van der Waals surface area contributed by atoms with E-state index >= 15 is 0 Å². The Morgan fingerprint density at radius 2 is 2.00 bits per heavy atom. The Hall–Kier alpha value is -2.12. The third kappa shape index (κ3) is 4.44. The van der Waals surface area contributed by atoms with Crippen LogP contribution in [0.25, 0.3) is 11.5 Å². The van der Waals surface area contributed by atoms with Crippen LogP contribution in [0.15, 0.2) is 18.2 Å². The van der Waals surface area contributed by atoms with E-state index in [2.05, 4.69) is 25.5 Å². The molecule has 0 fully saturated rings. The molecule has 0 amide bonds. The van der Waals surface area contributed by atoms with Crippen LogP contribution in [0.4, 0.5) is 0 Å². The molecule has 112 valence electrons. The van der Waals surface area contributed by atoms with Crippen LogP contribution in [-0.2, 0) is 11.3 Å². The van der Waals surface area contributed by atoms with Crippen LogP contribution in [0, 0.1) is 6.92 Å². The number of rotatable bonds is 7. The van der Waals surface area contributed by atoms with Gasteiger partial charge in [-0.3, -0.25) is 0 Å². The van der Waals surface area contributed by atoms with Crippen molar-refractivity contribution >= 4 is 0 Å². The Balaban J connectivity index is 2.13. The van der Waals surface area contributed by atoms with Gasteiger partial charge in [0.1, 0.15) is 5.69 Å². The Labute approximate surface area is 123 Å². The fourth-order valence-corrected chi connectivity index (χ4v) is 1.78. The molecule has 2 aromatic heterocycles. The van der Waals surface area contributed by atoms with E-state index in [0.717, 1.165) is 17.9 Å². The van der Waals surface area contributed by atoms with E-state index < -0.39 is 0 Å². The van der Waals surface area contributed by atoms with Crippen molar-refractivity contribution in [2.45, 2.75) is 13.5 Å². The first kappa shape index (κ1) is 15.3. The predicted octanol–water partition coefficient (Wildman–Crippen LogP) is 0.987. The Morgan fingerprint density at radius 3 is 2.67 bits per heavy atom. The number of nitrogens with zero attached hydrogens (tertiary/aromatic N) is 4. The second-order valence-electron chi connectivity index (χ2n) is 4.45. The molecule has 21 heavy (non-hydrogen) atoms. The van der Waals surface area contributed by atoms with E-state index in [1.165, 1.54) is 0 Å². The highest BCUT2D eigenvalue weighted by molar-refractivity contribution is 5.48. The fourth-order valence-electron chi connectivity index (χ4n) is 1.78. The highest BCUT2D eigenvalue weighted by Gasteiger charge is 2.07. The molecule has 0 spiro atoms. The summed E-state index contributed by atoms with van der Waals surface area (Å²) in [5.74, 6) is 1.03. The number of aryl methyl sites for hydroxylation is 1. The van der Waals surface area contributed by atoms with Crippen molar-refractivity contribution < 1.29 is 9.47 Å². The van der Waals surface area contributed by atoms with Gasteiger partial charge in [-0.1, -0.05) is 0 Å². The molecule has 1 N–H and O–H groups in total. The van der Waals surface area contributed by atoms with E-state index in [-0.39, 0.29) is 0 Å². The van der Waals surface area contributed by atoms with Crippen molar-refractivity contribution in [1.82, 2.24) is 25.5 Å². The monoisotopic (exact) mass is 289 g/mol. The largest absolute Gasteiger partial charge is 0.480 e. The van der Waals surface area contributed by atoms with Gasteiger partial charge in [-0.2, -0.15) is 0 Å². The van der Waals surface area contributed by atoms with Gasteiger partial charge in [-0.15, -0.1) is 10.2 Å². The predicted molar refractivity (Wildman–Crippen MR) is 77.9 cm³/mol. The number of ether oxygens (including phenoxy) is 2. The van der Waals surface area contributed by atoms with Gasteiger partial charge in [0.25, 0.3) is 0 Å². The lowest BCUT2D eigenvalue weighted by Gasteiger charge is -2.07. The molecular weight excluding hydrogens is 270 g/mol. The Kier molecular flexibility index (Phi) is 5.53. The molecule has 0 saturated heterocycles. The van der Waals surface area contributed by atoms with Gasteiger partial charge in [0.15, 0.2) is 5.82 Å². The molecule has 0 aliphatic carbocycles. The van der Waals surface area contributed by atoms with Gasteiger partial charge >= 0.3 is 0 Å². The van der Waals surface area contributed by atoms with Gasteiger partial charge in [0.2, 0.25) is 5.88 Å². The Bertz CT molecular complexity index is 574. The Morgan fingerprint density at radius 1 is 1.14 bits per heavy atom. The zero-order valence-corrected chi connectivity index (χ0v) is 12.5. The van der Waals surface area contributed by atoms with E-state index in [1.807, 2.05) is 13.0 Å². The van der Waals surface area contributed by atoms with Gasteiger partial charge in [-0.25, -0.2) is 9.97 Å². The minimum Gasteiger partial charge on any atom is -0.480 e. The zero-order chi connectivity index (χ0) is 15.1. The first-order valence-electron chi connectivity index (χ1n) is 6.65. The number of methoxy groups -OCH3 is 2. The SMILES string of the molecule is COCCNCc1cc(C)nc(-c2ccc(OC)nn2)n1. The summed E-state index contributed by atoms with van der Waals surface area (Å²) < 4.78 is 9.99. The number of hydrogen-bond acceptors (Lipinski definition) is 7. The van der Waals surface area contributed by atoms with Crippen molar-refractivity contribution in [2.75, 3.05) is 27.4 Å².